The first-order valence-electron chi connectivity index (χ1n) is 11.0. The molecule has 1 amide bonds. The number of carbonyl (C=O) groups excluding carboxylic acids is 1. The van der Waals surface area contributed by atoms with E-state index in [0.29, 0.717) is 6.54 Å². The molecule has 160 valence electrons. The van der Waals surface area contributed by atoms with E-state index in [2.05, 4.69) is 57.2 Å². The van der Waals surface area contributed by atoms with E-state index in [1.165, 1.54) is 5.56 Å². The number of amides is 1. The summed E-state index contributed by atoms with van der Waals surface area (Å²) in [5, 5.41) is 0. The second-order valence-corrected chi connectivity index (χ2v) is 11.0. The number of fused-ring (bicyclic) bond motifs is 3. The minimum atomic E-state index is -0.493. The van der Waals surface area contributed by atoms with Gasteiger partial charge in [-0.25, -0.2) is 4.79 Å². The van der Waals surface area contributed by atoms with Gasteiger partial charge >= 0.3 is 6.09 Å². The van der Waals surface area contributed by atoms with Crippen molar-refractivity contribution in [3.8, 4) is 0 Å². The summed E-state index contributed by atoms with van der Waals surface area (Å²) in [6.07, 6.45) is 6.32. The molecule has 0 unspecified atom stereocenters. The molecule has 0 aliphatic heterocycles. The quantitative estimate of drug-likeness (QED) is 0.472. The highest BCUT2D eigenvalue weighted by Gasteiger charge is 2.53. The fourth-order valence-electron chi connectivity index (χ4n) is 5.32. The molecule has 0 heterocycles. The maximum atomic E-state index is 13.3. The Balaban J connectivity index is 1.59. The molecule has 30 heavy (non-hydrogen) atoms. The third-order valence-corrected chi connectivity index (χ3v) is 7.56. The van der Waals surface area contributed by atoms with Crippen LogP contribution >= 0.6 is 15.9 Å². The number of rotatable bonds is 4. The second kappa shape index (κ2) is 8.03. The number of nitrogens with zero attached hydrogens (tertiary/aromatic N) is 1. The number of hydrogen-bond donors (Lipinski definition) is 0. The summed E-state index contributed by atoms with van der Waals surface area (Å²) in [5.74, 6) is 0. The predicted octanol–water partition coefficient (Wildman–Crippen LogP) is 7.23. The lowest BCUT2D eigenvalue weighted by atomic mass is 9.54. The Morgan fingerprint density at radius 1 is 0.933 bits per heavy atom. The van der Waals surface area contributed by atoms with Gasteiger partial charge in [-0.1, -0.05) is 58.4 Å². The number of carbonyl (C=O) groups is 1. The highest BCUT2D eigenvalue weighted by atomic mass is 79.9. The van der Waals surface area contributed by atoms with Crippen molar-refractivity contribution in [2.45, 2.75) is 82.4 Å². The summed E-state index contributed by atoms with van der Waals surface area (Å²) in [5.41, 5.74) is 2.27. The monoisotopic (exact) mass is 469 g/mol. The largest absolute Gasteiger partial charge is 0.444 e. The van der Waals surface area contributed by atoms with E-state index in [4.69, 9.17) is 4.74 Å². The molecule has 2 aromatic rings. The molecule has 0 spiro atoms. The molecular formula is C26H32BrNO2. The second-order valence-electron chi connectivity index (χ2n) is 10.1. The molecule has 3 nitrogen and oxygen atoms in total. The average molecular weight is 470 g/mol. The molecule has 3 saturated carbocycles. The normalized spacial score (nSPS) is 25.7. The lowest BCUT2D eigenvalue weighted by molar-refractivity contribution is -0.0488. The van der Waals surface area contributed by atoms with Gasteiger partial charge in [0, 0.05) is 16.6 Å². The van der Waals surface area contributed by atoms with E-state index < -0.39 is 5.60 Å². The zero-order valence-electron chi connectivity index (χ0n) is 18.3. The van der Waals surface area contributed by atoms with E-state index in [1.54, 1.807) is 0 Å². The molecule has 2 bridgehead atoms. The van der Waals surface area contributed by atoms with Crippen LogP contribution in [0.25, 0.3) is 0 Å². The van der Waals surface area contributed by atoms with Crippen LogP contribution in [0.1, 0.15) is 70.4 Å². The van der Waals surface area contributed by atoms with Gasteiger partial charge in [-0.05, 0) is 88.0 Å². The van der Waals surface area contributed by atoms with E-state index >= 15 is 0 Å². The van der Waals surface area contributed by atoms with E-state index in [0.717, 1.165) is 48.6 Å². The van der Waals surface area contributed by atoms with Crippen molar-refractivity contribution in [1.29, 1.82) is 0 Å². The van der Waals surface area contributed by atoms with Crippen LogP contribution in [0, 0.1) is 0 Å². The van der Waals surface area contributed by atoms with Crippen molar-refractivity contribution < 1.29 is 9.53 Å². The number of benzene rings is 2. The standard InChI is InChI=1S/C26H32BrNO2/c1-24(2,3)30-23(29)28(19-20-7-5-4-6-8-20)26-16-13-25(14-17-26,15-18-26)21-9-11-22(27)12-10-21/h4-12H,13-19H2,1-3H3. The number of halogens is 1. The molecule has 4 heteroatoms. The fourth-order valence-corrected chi connectivity index (χ4v) is 5.58. The van der Waals surface area contributed by atoms with E-state index in [1.807, 2.05) is 39.0 Å². The Bertz CT molecular complexity index is 861. The van der Waals surface area contributed by atoms with Crippen LogP contribution < -0.4 is 0 Å². The van der Waals surface area contributed by atoms with Gasteiger partial charge in [0.15, 0.2) is 0 Å². The highest BCUT2D eigenvalue weighted by Crippen LogP contribution is 2.56. The molecule has 5 rings (SSSR count). The minimum Gasteiger partial charge on any atom is -0.444 e. The van der Waals surface area contributed by atoms with Crippen molar-refractivity contribution in [3.05, 3.63) is 70.2 Å². The molecule has 0 N–H and O–H groups in total. The predicted molar refractivity (Wildman–Crippen MR) is 124 cm³/mol. The molecule has 0 saturated heterocycles. The summed E-state index contributed by atoms with van der Waals surface area (Å²) in [6.45, 7) is 6.46. The first kappa shape index (κ1) is 21.4. The van der Waals surface area contributed by atoms with Crippen molar-refractivity contribution in [1.82, 2.24) is 4.90 Å². The minimum absolute atomic E-state index is 0.102. The van der Waals surface area contributed by atoms with Crippen LogP contribution in [0.5, 0.6) is 0 Å². The molecule has 0 radical (unpaired) electrons. The highest BCUT2D eigenvalue weighted by molar-refractivity contribution is 9.10. The van der Waals surface area contributed by atoms with Crippen LogP contribution in [0.15, 0.2) is 59.1 Å². The topological polar surface area (TPSA) is 29.5 Å². The zero-order valence-corrected chi connectivity index (χ0v) is 19.9. The van der Waals surface area contributed by atoms with E-state index in [9.17, 15) is 4.79 Å². The van der Waals surface area contributed by atoms with Gasteiger partial charge in [-0.2, -0.15) is 0 Å². The van der Waals surface area contributed by atoms with Gasteiger partial charge in [0.25, 0.3) is 0 Å². The molecule has 3 fully saturated rings. The Kier molecular flexibility index (Phi) is 5.73. The lowest BCUT2D eigenvalue weighted by Crippen LogP contribution is -2.59. The van der Waals surface area contributed by atoms with Crippen LogP contribution in [0.4, 0.5) is 4.79 Å². The van der Waals surface area contributed by atoms with Gasteiger partial charge < -0.3 is 4.74 Å². The van der Waals surface area contributed by atoms with Gasteiger partial charge in [-0.15, -0.1) is 0 Å². The summed E-state index contributed by atoms with van der Waals surface area (Å²) in [4.78, 5) is 15.4. The van der Waals surface area contributed by atoms with Gasteiger partial charge in [0.1, 0.15) is 5.60 Å². The fraction of sp³-hybridized carbons (Fsp3) is 0.500. The molecule has 0 aromatic heterocycles. The van der Waals surface area contributed by atoms with Crippen molar-refractivity contribution in [2.24, 2.45) is 0 Å². The van der Waals surface area contributed by atoms with Gasteiger partial charge in [-0.3, -0.25) is 4.90 Å². The van der Waals surface area contributed by atoms with Crippen LogP contribution in [0.3, 0.4) is 0 Å². The first-order valence-corrected chi connectivity index (χ1v) is 11.8. The lowest BCUT2D eigenvalue weighted by Gasteiger charge is -2.57. The molecule has 3 aliphatic rings. The number of ether oxygens (including phenoxy) is 1. The Labute approximate surface area is 188 Å². The Morgan fingerprint density at radius 2 is 1.50 bits per heavy atom. The molecule has 3 aliphatic carbocycles. The number of hydrogen-bond acceptors (Lipinski definition) is 2. The van der Waals surface area contributed by atoms with Crippen molar-refractivity contribution in [2.75, 3.05) is 0 Å². The van der Waals surface area contributed by atoms with Crippen LogP contribution in [-0.4, -0.2) is 22.1 Å². The first-order chi connectivity index (χ1) is 14.2. The van der Waals surface area contributed by atoms with Gasteiger partial charge in [0.05, 0.1) is 0 Å². The molecule has 0 atom stereocenters. The Hall–Kier alpha value is -1.81. The maximum absolute atomic E-state index is 13.3. The molecule has 2 aromatic carbocycles. The molecular weight excluding hydrogens is 438 g/mol. The van der Waals surface area contributed by atoms with Crippen LogP contribution in [-0.2, 0) is 16.7 Å². The summed E-state index contributed by atoms with van der Waals surface area (Å²) in [6, 6.07) is 19.2. The summed E-state index contributed by atoms with van der Waals surface area (Å²) >= 11 is 3.56. The third kappa shape index (κ3) is 4.30. The third-order valence-electron chi connectivity index (χ3n) is 7.03. The van der Waals surface area contributed by atoms with E-state index in [-0.39, 0.29) is 17.0 Å². The van der Waals surface area contributed by atoms with Crippen molar-refractivity contribution in [3.63, 3.8) is 0 Å². The smallest absolute Gasteiger partial charge is 0.411 e. The summed E-state index contributed by atoms with van der Waals surface area (Å²) < 4.78 is 7.00. The zero-order chi connectivity index (χ0) is 21.4. The average Bonchev–Trinajstić information content (AvgIpc) is 2.73. The van der Waals surface area contributed by atoms with Crippen molar-refractivity contribution >= 4 is 22.0 Å². The maximum Gasteiger partial charge on any atom is 0.411 e. The SMILES string of the molecule is CC(C)(C)OC(=O)N(Cc1ccccc1)C12CCC(c3ccc(Br)cc3)(CC1)CC2. The summed E-state index contributed by atoms with van der Waals surface area (Å²) in [7, 11) is 0. The van der Waals surface area contributed by atoms with Crippen LogP contribution in [0.2, 0.25) is 0 Å². The Morgan fingerprint density at radius 3 is 2.03 bits per heavy atom. The van der Waals surface area contributed by atoms with Gasteiger partial charge in [0.2, 0.25) is 0 Å².